The maximum atomic E-state index is 8.37. The monoisotopic (exact) mass is 176 g/mol. The average molecular weight is 176 g/mol. The maximum Gasteiger partial charge on any atom is 0.299 e. The molecule has 1 aromatic carbocycles. The van der Waals surface area contributed by atoms with E-state index in [9.17, 15) is 0 Å². The molecule has 0 heterocycles. The van der Waals surface area contributed by atoms with Crippen LogP contribution in [0.4, 0.5) is 0 Å². The van der Waals surface area contributed by atoms with Gasteiger partial charge in [0.15, 0.2) is 5.60 Å². The minimum absolute atomic E-state index is 0.587. The first-order valence-corrected chi connectivity index (χ1v) is 4.07. The molecule has 3 heteroatoms. The number of ether oxygens (including phenoxy) is 1. The third-order valence-corrected chi connectivity index (χ3v) is 1.49. The zero-order chi connectivity index (χ0) is 9.73. The molecule has 0 saturated heterocycles. The van der Waals surface area contributed by atoms with Crippen LogP contribution in [0.1, 0.15) is 13.8 Å². The van der Waals surface area contributed by atoms with E-state index < -0.39 is 5.60 Å². The second kappa shape index (κ2) is 3.87. The molecular formula is C10H12N2O. The van der Waals surface area contributed by atoms with Gasteiger partial charge in [0.2, 0.25) is 0 Å². The highest BCUT2D eigenvalue weighted by molar-refractivity contribution is 5.62. The smallest absolute Gasteiger partial charge is 0.299 e. The van der Waals surface area contributed by atoms with Gasteiger partial charge in [0.1, 0.15) is 5.75 Å². The van der Waals surface area contributed by atoms with Crippen LogP contribution in [0.5, 0.6) is 5.75 Å². The lowest BCUT2D eigenvalue weighted by Crippen LogP contribution is -2.30. The van der Waals surface area contributed by atoms with Crippen molar-refractivity contribution in [3.05, 3.63) is 35.9 Å². The largest absolute Gasteiger partial charge is 0.476 e. The fourth-order valence-electron chi connectivity index (χ4n) is 0.958. The summed E-state index contributed by atoms with van der Waals surface area (Å²) in [6, 6.07) is 9.41. The van der Waals surface area contributed by atoms with Gasteiger partial charge in [0.25, 0.3) is 6.21 Å². The molecule has 0 aliphatic heterocycles. The fraction of sp³-hybridized carbons (Fsp3) is 0.300. The van der Waals surface area contributed by atoms with Gasteiger partial charge in [0, 0.05) is 0 Å². The summed E-state index contributed by atoms with van der Waals surface area (Å²) in [5.74, 6) is 0.757. The van der Waals surface area contributed by atoms with Crippen molar-refractivity contribution < 1.29 is 9.53 Å². The van der Waals surface area contributed by atoms with Crippen LogP contribution >= 0.6 is 0 Å². The molecule has 0 fully saturated rings. The standard InChI is InChI=1S/C10H12N2O/c1-10(2,8-12-11)13-9-6-4-3-5-7-9/h3-8H,1-2H3. The topological polar surface area (TPSA) is 45.6 Å². The van der Waals surface area contributed by atoms with E-state index in [1.54, 1.807) is 0 Å². The molecule has 0 unspecified atom stereocenters. The molecule has 0 radical (unpaired) electrons. The molecule has 0 saturated carbocycles. The molecule has 0 bridgehead atoms. The van der Waals surface area contributed by atoms with Gasteiger partial charge in [-0.05, 0) is 26.0 Å². The van der Waals surface area contributed by atoms with Crippen LogP contribution in [0, 0.1) is 0 Å². The summed E-state index contributed by atoms with van der Waals surface area (Å²) in [4.78, 5) is 2.95. The number of nitrogens with zero attached hydrogens (tertiary/aromatic N) is 2. The molecule has 1 aromatic rings. The summed E-state index contributed by atoms with van der Waals surface area (Å²) >= 11 is 0. The molecule has 1 rings (SSSR count). The molecule has 0 amide bonds. The number of para-hydroxylation sites is 1. The molecule has 0 spiro atoms. The third-order valence-electron chi connectivity index (χ3n) is 1.49. The lowest BCUT2D eigenvalue weighted by atomic mass is 10.1. The lowest BCUT2D eigenvalue weighted by molar-refractivity contribution is -0.0173. The molecule has 3 nitrogen and oxygen atoms in total. The summed E-state index contributed by atoms with van der Waals surface area (Å²) in [5.41, 5.74) is 7.78. The normalized spacial score (nSPS) is 10.3. The number of hydrogen-bond donors (Lipinski definition) is 0. The SMILES string of the molecule is CC(C)(C=[N+]=[N-])Oc1ccccc1. The molecule has 0 aromatic heterocycles. The van der Waals surface area contributed by atoms with E-state index in [2.05, 4.69) is 4.79 Å². The van der Waals surface area contributed by atoms with E-state index in [-0.39, 0.29) is 0 Å². The molecule has 13 heavy (non-hydrogen) atoms. The van der Waals surface area contributed by atoms with Gasteiger partial charge in [-0.1, -0.05) is 18.2 Å². The van der Waals surface area contributed by atoms with Crippen LogP contribution < -0.4 is 4.74 Å². The van der Waals surface area contributed by atoms with Crippen molar-refractivity contribution in [3.8, 4) is 5.75 Å². The Bertz CT molecular complexity index is 313. The van der Waals surface area contributed by atoms with E-state index in [1.807, 2.05) is 44.2 Å². The minimum Gasteiger partial charge on any atom is -0.476 e. The van der Waals surface area contributed by atoms with E-state index >= 15 is 0 Å². The quantitative estimate of drug-likeness (QED) is 0.395. The first kappa shape index (κ1) is 9.49. The van der Waals surface area contributed by atoms with Crippen LogP contribution in [-0.2, 0) is 0 Å². The molecule has 0 atom stereocenters. The predicted molar refractivity (Wildman–Crippen MR) is 50.8 cm³/mol. The molecule has 0 N–H and O–H groups in total. The average Bonchev–Trinajstić information content (AvgIpc) is 2.04. The predicted octanol–water partition coefficient (Wildman–Crippen LogP) is 2.14. The molecule has 68 valence electrons. The van der Waals surface area contributed by atoms with Gasteiger partial charge >= 0.3 is 0 Å². The highest BCUT2D eigenvalue weighted by atomic mass is 16.5. The van der Waals surface area contributed by atoms with Crippen molar-refractivity contribution in [2.24, 2.45) is 0 Å². The van der Waals surface area contributed by atoms with Crippen molar-refractivity contribution in [3.63, 3.8) is 0 Å². The Morgan fingerprint density at radius 1 is 1.31 bits per heavy atom. The Kier molecular flexibility index (Phi) is 2.83. The van der Waals surface area contributed by atoms with Crippen LogP contribution in [0.25, 0.3) is 5.53 Å². The van der Waals surface area contributed by atoms with Crippen molar-refractivity contribution in [2.45, 2.75) is 19.4 Å². The summed E-state index contributed by atoms with van der Waals surface area (Å²) in [7, 11) is 0. The van der Waals surface area contributed by atoms with E-state index in [4.69, 9.17) is 10.3 Å². The van der Waals surface area contributed by atoms with Gasteiger partial charge in [-0.15, -0.1) is 0 Å². The zero-order valence-corrected chi connectivity index (χ0v) is 7.77. The van der Waals surface area contributed by atoms with E-state index in [0.29, 0.717) is 0 Å². The van der Waals surface area contributed by atoms with Gasteiger partial charge in [-0.3, -0.25) is 0 Å². The van der Waals surface area contributed by atoms with Crippen molar-refractivity contribution in [1.82, 2.24) is 0 Å². The van der Waals surface area contributed by atoms with Crippen molar-refractivity contribution >= 4 is 6.21 Å². The van der Waals surface area contributed by atoms with Crippen LogP contribution in [0.15, 0.2) is 30.3 Å². The van der Waals surface area contributed by atoms with Crippen molar-refractivity contribution in [1.29, 1.82) is 0 Å². The first-order valence-electron chi connectivity index (χ1n) is 4.07. The number of benzene rings is 1. The Labute approximate surface area is 77.6 Å². The number of hydrogen-bond acceptors (Lipinski definition) is 1. The molecule has 0 aliphatic carbocycles. The summed E-state index contributed by atoms with van der Waals surface area (Å²) in [6.45, 7) is 3.64. The first-order chi connectivity index (χ1) is 6.14. The second-order valence-corrected chi connectivity index (χ2v) is 3.26. The molecular weight excluding hydrogens is 164 g/mol. The third kappa shape index (κ3) is 3.09. The zero-order valence-electron chi connectivity index (χ0n) is 7.77. The Hall–Kier alpha value is -1.60. The lowest BCUT2D eigenvalue weighted by Gasteiger charge is -2.17. The second-order valence-electron chi connectivity index (χ2n) is 3.26. The van der Waals surface area contributed by atoms with E-state index in [1.165, 1.54) is 6.21 Å². The number of rotatable bonds is 3. The summed E-state index contributed by atoms with van der Waals surface area (Å²) in [6.07, 6.45) is 1.35. The van der Waals surface area contributed by atoms with Gasteiger partial charge in [0.05, 0.1) is 0 Å². The highest BCUT2D eigenvalue weighted by Gasteiger charge is 2.21. The van der Waals surface area contributed by atoms with Crippen LogP contribution in [0.3, 0.4) is 0 Å². The molecule has 0 aliphatic rings. The minimum atomic E-state index is -0.587. The van der Waals surface area contributed by atoms with Crippen LogP contribution in [-0.4, -0.2) is 16.6 Å². The van der Waals surface area contributed by atoms with Crippen molar-refractivity contribution in [2.75, 3.05) is 0 Å². The fourth-order valence-corrected chi connectivity index (χ4v) is 0.958. The van der Waals surface area contributed by atoms with Crippen LogP contribution in [0.2, 0.25) is 0 Å². The van der Waals surface area contributed by atoms with Gasteiger partial charge < -0.3 is 10.3 Å². The van der Waals surface area contributed by atoms with Gasteiger partial charge in [-0.25, -0.2) is 0 Å². The Balaban J connectivity index is 2.74. The highest BCUT2D eigenvalue weighted by Crippen LogP contribution is 2.15. The van der Waals surface area contributed by atoms with E-state index in [0.717, 1.165) is 5.75 Å². The Morgan fingerprint density at radius 3 is 2.46 bits per heavy atom. The Morgan fingerprint density at radius 2 is 1.92 bits per heavy atom. The summed E-state index contributed by atoms with van der Waals surface area (Å²) < 4.78 is 5.53. The summed E-state index contributed by atoms with van der Waals surface area (Å²) in [5, 5.41) is 0. The maximum absolute atomic E-state index is 8.37. The van der Waals surface area contributed by atoms with Gasteiger partial charge in [-0.2, -0.15) is 4.79 Å².